The third-order valence-corrected chi connectivity index (χ3v) is 5.24. The molecule has 0 aromatic heterocycles. The summed E-state index contributed by atoms with van der Waals surface area (Å²) in [6.45, 7) is -1.25. The molecule has 0 radical (unpaired) electrons. The van der Waals surface area contributed by atoms with Gasteiger partial charge in [0.15, 0.2) is 11.6 Å². The van der Waals surface area contributed by atoms with E-state index in [1.165, 1.54) is 12.1 Å². The molecule has 0 amide bonds. The van der Waals surface area contributed by atoms with Crippen LogP contribution in [0.4, 0.5) is 30.2 Å². The van der Waals surface area contributed by atoms with Crippen molar-refractivity contribution in [1.82, 2.24) is 4.72 Å². The first kappa shape index (κ1) is 23.5. The van der Waals surface area contributed by atoms with Crippen LogP contribution in [0.25, 0.3) is 0 Å². The quantitative estimate of drug-likeness (QED) is 0.307. The number of benzene rings is 2. The van der Waals surface area contributed by atoms with Gasteiger partial charge in [0.1, 0.15) is 22.9 Å². The maximum Gasteiger partial charge on any atom is 0.299 e. The number of nitrogens with one attached hydrogen (secondary N) is 3. The van der Waals surface area contributed by atoms with Crippen molar-refractivity contribution in [3.05, 3.63) is 45.3 Å². The van der Waals surface area contributed by atoms with E-state index in [-0.39, 0.29) is 11.4 Å². The second-order valence-corrected chi connectivity index (χ2v) is 8.41. The molecule has 2 aromatic carbocycles. The largest absolute Gasteiger partial charge is 0.494 e. The van der Waals surface area contributed by atoms with Crippen LogP contribution in [0, 0.1) is 21.0 Å². The monoisotopic (exact) mass is 547 g/mol. The van der Waals surface area contributed by atoms with Gasteiger partial charge in [-0.3, -0.25) is 4.72 Å². The van der Waals surface area contributed by atoms with E-state index < -0.39 is 58.3 Å². The smallest absolute Gasteiger partial charge is 0.299 e. The molecule has 0 spiro atoms. The van der Waals surface area contributed by atoms with Crippen molar-refractivity contribution < 1.29 is 36.5 Å². The standard InChI is InChI=1S/C16H17F3IN3O5S/c1-28-13-5-11(18)14(19)16(22-12-3-2-8(20)4-10(12)17)15(13)23-29(26,27)21-6-9(25)7-24/h2-5,9,21-25H,6-7H2,1H3. The molecule has 0 aliphatic heterocycles. The Bertz CT molecular complexity index is 994. The van der Waals surface area contributed by atoms with Crippen LogP contribution in [0.15, 0.2) is 24.3 Å². The minimum Gasteiger partial charge on any atom is -0.494 e. The minimum atomic E-state index is -4.41. The van der Waals surface area contributed by atoms with E-state index in [1.807, 2.05) is 32.0 Å². The SMILES string of the molecule is COc1cc(F)c(F)c(Nc2ccc(I)cc2F)c1NS(=O)(=O)NCC(O)CO. The molecule has 0 fully saturated rings. The van der Waals surface area contributed by atoms with Gasteiger partial charge in [0.2, 0.25) is 0 Å². The maximum atomic E-state index is 14.5. The molecule has 1 atom stereocenters. The van der Waals surface area contributed by atoms with Gasteiger partial charge in [-0.25, -0.2) is 13.2 Å². The average molecular weight is 547 g/mol. The lowest BCUT2D eigenvalue weighted by atomic mass is 10.2. The number of hydrogen-bond donors (Lipinski definition) is 5. The van der Waals surface area contributed by atoms with Crippen molar-refractivity contribution in [2.75, 3.05) is 30.3 Å². The first-order chi connectivity index (χ1) is 13.6. The molecule has 0 aliphatic carbocycles. The number of methoxy groups -OCH3 is 1. The zero-order valence-electron chi connectivity index (χ0n) is 14.8. The van der Waals surface area contributed by atoms with Gasteiger partial charge in [-0.1, -0.05) is 0 Å². The van der Waals surface area contributed by atoms with E-state index in [4.69, 9.17) is 9.84 Å². The van der Waals surface area contributed by atoms with Crippen molar-refractivity contribution in [1.29, 1.82) is 0 Å². The van der Waals surface area contributed by atoms with Crippen LogP contribution in [-0.4, -0.2) is 45.0 Å². The Labute approximate surface area is 178 Å². The lowest BCUT2D eigenvalue weighted by Crippen LogP contribution is -2.37. The summed E-state index contributed by atoms with van der Waals surface area (Å²) in [7, 11) is -3.31. The Hall–Kier alpha value is -1.81. The highest BCUT2D eigenvalue weighted by Gasteiger charge is 2.24. The van der Waals surface area contributed by atoms with E-state index in [2.05, 4.69) is 5.32 Å². The molecule has 0 saturated carbocycles. The average Bonchev–Trinajstić information content (AvgIpc) is 2.67. The molecule has 29 heavy (non-hydrogen) atoms. The fourth-order valence-electron chi connectivity index (χ4n) is 2.15. The summed E-state index contributed by atoms with van der Waals surface area (Å²) in [4.78, 5) is 0. The van der Waals surface area contributed by atoms with Gasteiger partial charge in [-0.15, -0.1) is 0 Å². The number of rotatable bonds is 9. The highest BCUT2D eigenvalue weighted by atomic mass is 127. The molecule has 1 unspecified atom stereocenters. The summed E-state index contributed by atoms with van der Waals surface area (Å²) in [5, 5.41) is 20.4. The Balaban J connectivity index is 2.48. The fourth-order valence-corrected chi connectivity index (χ4v) is 3.56. The zero-order valence-corrected chi connectivity index (χ0v) is 17.8. The Morgan fingerprint density at radius 2 is 1.86 bits per heavy atom. The molecule has 2 rings (SSSR count). The molecule has 5 N–H and O–H groups in total. The number of anilines is 3. The second kappa shape index (κ2) is 9.80. The predicted octanol–water partition coefficient (Wildman–Crippen LogP) is 2.06. The van der Waals surface area contributed by atoms with Crippen LogP contribution in [0.3, 0.4) is 0 Å². The summed E-state index contributed by atoms with van der Waals surface area (Å²) in [6.07, 6.45) is -1.38. The lowest BCUT2D eigenvalue weighted by molar-refractivity contribution is 0.0988. The van der Waals surface area contributed by atoms with Crippen LogP contribution < -0.4 is 19.5 Å². The van der Waals surface area contributed by atoms with Gasteiger partial charge in [-0.2, -0.15) is 13.1 Å². The van der Waals surface area contributed by atoms with Crippen LogP contribution in [0.5, 0.6) is 5.75 Å². The van der Waals surface area contributed by atoms with Crippen molar-refractivity contribution in [2.24, 2.45) is 0 Å². The van der Waals surface area contributed by atoms with Crippen LogP contribution in [0.2, 0.25) is 0 Å². The summed E-state index contributed by atoms with van der Waals surface area (Å²) in [5.74, 6) is -4.00. The molecule has 0 bridgehead atoms. The fraction of sp³-hybridized carbons (Fsp3) is 0.250. The van der Waals surface area contributed by atoms with E-state index in [0.29, 0.717) is 9.64 Å². The number of halogens is 4. The summed E-state index contributed by atoms with van der Waals surface area (Å²) in [5.41, 5.74) is -1.48. The molecule has 0 aliphatic rings. The number of aliphatic hydroxyl groups is 2. The molecule has 13 heteroatoms. The first-order valence-corrected chi connectivity index (χ1v) is 10.5. The van der Waals surface area contributed by atoms with Gasteiger partial charge >= 0.3 is 0 Å². The normalized spacial score (nSPS) is 12.5. The Morgan fingerprint density at radius 3 is 2.45 bits per heavy atom. The molecule has 0 saturated heterocycles. The van der Waals surface area contributed by atoms with Gasteiger partial charge in [0.25, 0.3) is 10.2 Å². The number of ether oxygens (including phenoxy) is 1. The lowest BCUT2D eigenvalue weighted by Gasteiger charge is -2.19. The number of hydrogen-bond acceptors (Lipinski definition) is 6. The van der Waals surface area contributed by atoms with E-state index in [1.54, 1.807) is 0 Å². The molecule has 0 heterocycles. The van der Waals surface area contributed by atoms with Crippen molar-refractivity contribution in [2.45, 2.75) is 6.10 Å². The Kier molecular flexibility index (Phi) is 7.93. The first-order valence-electron chi connectivity index (χ1n) is 7.92. The van der Waals surface area contributed by atoms with Gasteiger partial charge in [-0.05, 0) is 40.8 Å². The second-order valence-electron chi connectivity index (χ2n) is 5.66. The Morgan fingerprint density at radius 1 is 1.17 bits per heavy atom. The summed E-state index contributed by atoms with van der Waals surface area (Å²) >= 11 is 1.86. The van der Waals surface area contributed by atoms with E-state index in [9.17, 15) is 26.7 Å². The highest BCUT2D eigenvalue weighted by molar-refractivity contribution is 14.1. The maximum absolute atomic E-state index is 14.5. The van der Waals surface area contributed by atoms with Crippen LogP contribution in [-0.2, 0) is 10.2 Å². The van der Waals surface area contributed by atoms with Crippen molar-refractivity contribution in [3.63, 3.8) is 0 Å². The van der Waals surface area contributed by atoms with E-state index >= 15 is 0 Å². The van der Waals surface area contributed by atoms with Crippen molar-refractivity contribution >= 4 is 49.9 Å². The zero-order chi connectivity index (χ0) is 21.8. The van der Waals surface area contributed by atoms with Gasteiger partial charge in [0, 0.05) is 16.2 Å². The summed E-state index contributed by atoms with van der Waals surface area (Å²) < 4.78 is 76.4. The molecule has 8 nitrogen and oxygen atoms in total. The van der Waals surface area contributed by atoms with Crippen LogP contribution >= 0.6 is 22.6 Å². The predicted molar refractivity (Wildman–Crippen MR) is 109 cm³/mol. The molecule has 2 aromatic rings. The topological polar surface area (TPSA) is 120 Å². The molecule has 160 valence electrons. The third-order valence-electron chi connectivity index (χ3n) is 3.55. The molecular weight excluding hydrogens is 530 g/mol. The van der Waals surface area contributed by atoms with E-state index in [0.717, 1.165) is 13.2 Å². The minimum absolute atomic E-state index is 0.235. The van der Waals surface area contributed by atoms with Crippen LogP contribution in [0.1, 0.15) is 0 Å². The third kappa shape index (κ3) is 6.08. The van der Waals surface area contributed by atoms with Gasteiger partial charge < -0.3 is 20.3 Å². The highest BCUT2D eigenvalue weighted by Crippen LogP contribution is 2.39. The molecular formula is C16H17F3IN3O5S. The van der Waals surface area contributed by atoms with Crippen molar-refractivity contribution in [3.8, 4) is 5.75 Å². The van der Waals surface area contributed by atoms with Gasteiger partial charge in [0.05, 0.1) is 25.5 Å². The summed E-state index contributed by atoms with van der Waals surface area (Å²) in [6, 6.07) is 4.52. The number of aliphatic hydroxyl groups excluding tert-OH is 2.